The maximum atomic E-state index is 9.83. The number of fused-ring (bicyclic) bond motifs is 6. The Balaban J connectivity index is 0.000000211. The fourth-order valence-corrected chi connectivity index (χ4v) is 11.2. The van der Waals surface area contributed by atoms with Gasteiger partial charge in [-0.05, 0) is 177 Å². The first-order valence-corrected chi connectivity index (χ1v) is 30.0. The third-order valence-corrected chi connectivity index (χ3v) is 15.5. The third-order valence-electron chi connectivity index (χ3n) is 15.5. The molecule has 0 fully saturated rings. The van der Waals surface area contributed by atoms with Gasteiger partial charge in [0.15, 0.2) is 0 Å². The van der Waals surface area contributed by atoms with Gasteiger partial charge in [-0.15, -0.1) is 0 Å². The molecule has 0 radical (unpaired) electrons. The molecule has 0 saturated heterocycles. The molecule has 0 saturated carbocycles. The first-order valence-electron chi connectivity index (χ1n) is 56.0. The molecular formula is C96H68N4. The fraction of sp³-hybridized carbons (Fsp3) is 0. The van der Waals surface area contributed by atoms with Crippen LogP contribution in [0, 0.1) is 0 Å². The topological polar surface area (TPSA) is 16.3 Å². The molecule has 18 aromatic rings. The van der Waals surface area contributed by atoms with Gasteiger partial charge in [0.2, 0.25) is 0 Å². The lowest BCUT2D eigenvalue weighted by molar-refractivity contribution is 1.18. The second-order valence-corrected chi connectivity index (χ2v) is 21.2. The molecule has 18 rings (SSSR count). The number of rotatable bonds is 14. The molecule has 0 atom stereocenters. The van der Waals surface area contributed by atoms with E-state index in [0.717, 1.165) is 33.2 Å². The molecular weight excluding hydrogens is 1210 g/mol. The number of benzene rings is 16. The highest BCUT2D eigenvalue weighted by Crippen LogP contribution is 2.44. The SMILES string of the molecule is [2H]c1c([2H])c([2H])c(-c2c([2H])c([2H])c([2H])c(N(c3c([2H])c([2H])c([2H])c([2H])c3[2H])c3c([2H])c([2H])c(-c4c([2H])c([2H])c5c(c4[2H])c4c([2H])c([2H])c([2H])c([2H])c4n5-c4c([2H])c([2H])c([2H])c([2H])c4-c4c([2H])c([2H])c([2H])c([2H])c4[2H])c([2H])c3[2H])c2[2H])c([2H])c1[2H].[2H]c1c([2H])c([2H])c(-c2c([2H])c([2H])c([2H])c(N(c3c([2H])c([2H])c([2H])c([2H])c3[2H])c3c([2H])c([2H])c(-c4ccc5c(c4)c4ccccc4n5-c4ccccc4-c4ccccc4)c([2H])c3[2H])c2[2H])c([2H])c1[2H]. The van der Waals surface area contributed by atoms with Crippen molar-refractivity contribution in [2.24, 2.45) is 0 Å². The van der Waals surface area contributed by atoms with Crippen molar-refractivity contribution in [3.63, 3.8) is 0 Å². The van der Waals surface area contributed by atoms with Gasteiger partial charge in [-0.2, -0.15) is 0 Å². The largest absolute Gasteiger partial charge is 0.310 e. The van der Waals surface area contributed by atoms with Crippen LogP contribution in [-0.4, -0.2) is 9.13 Å². The first-order chi connectivity index (χ1) is 71.3. The molecule has 0 aliphatic heterocycles. The molecule has 0 aliphatic rings. The summed E-state index contributed by atoms with van der Waals surface area (Å²) >= 11 is 0. The van der Waals surface area contributed by atoms with E-state index in [-0.39, 0.29) is 16.0 Å². The van der Waals surface area contributed by atoms with E-state index >= 15 is 0 Å². The quantitative estimate of drug-likeness (QED) is 0.108. The Kier molecular flexibility index (Phi) is 7.21. The lowest BCUT2D eigenvalue weighted by Crippen LogP contribution is -2.09. The van der Waals surface area contributed by atoms with Crippen LogP contribution in [0.3, 0.4) is 0 Å². The van der Waals surface area contributed by atoms with Crippen molar-refractivity contribution in [3.05, 3.63) is 411 Å². The highest BCUT2D eigenvalue weighted by Gasteiger charge is 2.21. The molecule has 0 N–H and O–H groups in total. The minimum absolute atomic E-state index is 0.187. The summed E-state index contributed by atoms with van der Waals surface area (Å²) < 4.78 is 466. The summed E-state index contributed by atoms with van der Waals surface area (Å²) in [5.41, 5.74) is -11.1. The highest BCUT2D eigenvalue weighted by molar-refractivity contribution is 6.12. The summed E-state index contributed by atoms with van der Waals surface area (Å²) in [7, 11) is 0. The Labute approximate surface area is 656 Å². The van der Waals surface area contributed by atoms with Gasteiger partial charge in [0.1, 0.15) is 0 Å². The maximum Gasteiger partial charge on any atom is 0.0651 e. The van der Waals surface area contributed by atoms with Crippen LogP contribution in [0.4, 0.5) is 34.1 Å². The summed E-state index contributed by atoms with van der Waals surface area (Å²) in [6, 6.07) is -22.4. The number of aromatic nitrogens is 2. The Hall–Kier alpha value is -13.3. The molecule has 4 nitrogen and oxygen atoms in total. The van der Waals surface area contributed by atoms with Crippen LogP contribution in [0.1, 0.15) is 71.3 Å². The Morgan fingerprint density at radius 3 is 1.26 bits per heavy atom. The molecule has 0 amide bonds. The number of anilines is 6. The zero-order valence-corrected chi connectivity index (χ0v) is 51.0. The molecule has 2 aromatic heterocycles. The Morgan fingerprint density at radius 2 is 0.630 bits per heavy atom. The smallest absolute Gasteiger partial charge is 0.0651 e. The molecule has 472 valence electrons. The van der Waals surface area contributed by atoms with Gasteiger partial charge in [0.25, 0.3) is 0 Å². The number of para-hydroxylation sites is 6. The first kappa shape index (κ1) is 26.6. The normalized spacial score (nSPS) is 18.5. The van der Waals surface area contributed by atoms with Crippen LogP contribution in [0.25, 0.3) is 122 Å². The average Bonchev–Trinajstić information content (AvgIpc) is 1.58. The average molecular weight is 1330 g/mol. The third kappa shape index (κ3) is 11.8. The summed E-state index contributed by atoms with van der Waals surface area (Å²) in [5.74, 6) is 0. The van der Waals surface area contributed by atoms with Crippen LogP contribution in [0.15, 0.2) is 411 Å². The van der Waals surface area contributed by atoms with E-state index in [9.17, 15) is 21.9 Å². The van der Waals surface area contributed by atoms with Crippen LogP contribution in [0.2, 0.25) is 0 Å². The summed E-state index contributed by atoms with van der Waals surface area (Å²) in [5, 5.41) is 0.0279. The van der Waals surface area contributed by atoms with E-state index in [1.165, 1.54) is 0 Å². The van der Waals surface area contributed by atoms with Gasteiger partial charge in [0, 0.05) is 66.8 Å². The van der Waals surface area contributed by atoms with Gasteiger partial charge in [-0.1, -0.05) is 290 Å². The second kappa shape index (κ2) is 27.1. The fourth-order valence-electron chi connectivity index (χ4n) is 11.2. The van der Waals surface area contributed by atoms with Gasteiger partial charge in [0.05, 0.1) is 105 Å². The predicted molar refractivity (Wildman–Crippen MR) is 424 cm³/mol. The monoisotopic (exact) mass is 1330 g/mol. The molecule has 4 heteroatoms. The van der Waals surface area contributed by atoms with Crippen molar-refractivity contribution in [1.82, 2.24) is 9.13 Å². The summed E-state index contributed by atoms with van der Waals surface area (Å²) in [4.78, 5) is 0.861. The lowest BCUT2D eigenvalue weighted by Gasteiger charge is -2.26. The van der Waals surface area contributed by atoms with E-state index in [4.69, 9.17) is 49.3 Å². The summed E-state index contributed by atoms with van der Waals surface area (Å²) in [6.07, 6.45) is 0. The molecule has 2 heterocycles. The molecule has 0 unspecified atom stereocenters. The van der Waals surface area contributed by atoms with E-state index in [1.54, 1.807) is 12.1 Å². The van der Waals surface area contributed by atoms with Crippen molar-refractivity contribution in [2.45, 2.75) is 0 Å². The minimum Gasteiger partial charge on any atom is -0.310 e. The predicted octanol–water partition coefficient (Wildman–Crippen LogP) is 26.5. The van der Waals surface area contributed by atoms with Gasteiger partial charge >= 0.3 is 0 Å². The van der Waals surface area contributed by atoms with E-state index in [1.807, 2.05) is 84.9 Å². The Bertz CT molecular complexity index is 9010. The standard InChI is InChI=1S/2C48H34N2/c2*1-4-15-35(16-5-1)38-19-14-22-42(33-38)49(40-20-8-3-9-21-40)41-30-27-36(28-31-41)39-29-32-48-45(34-39)44-24-11-13-26-47(44)50(48)46-25-12-10-23-43(46)37-17-6-2-7-18-37/h2*1-34H/i1D,2D,3D,4D,5D,6D,7D,8D,9D,10D,11D,12D,13D,14D,15D,16D,17D,18D,19D,20D,21D,22D,23D,24D,25D,26D,27D,28D,29D,30D,31D,32D,33D,34D;1D,3D,4D,5D,8D,9D,14D,15D,16D,19D,20D,21D,22D,27D,28D,30D,31D,33D. The van der Waals surface area contributed by atoms with Gasteiger partial charge in [-0.25, -0.2) is 0 Å². The maximum absolute atomic E-state index is 9.83. The van der Waals surface area contributed by atoms with Crippen LogP contribution in [-0.2, 0) is 0 Å². The zero-order chi connectivity index (χ0) is 112. The summed E-state index contributed by atoms with van der Waals surface area (Å²) in [6.45, 7) is 0. The van der Waals surface area contributed by atoms with Crippen LogP contribution < -0.4 is 9.80 Å². The van der Waals surface area contributed by atoms with Gasteiger partial charge in [-0.3, -0.25) is 0 Å². The number of nitrogens with zero attached hydrogens (tertiary/aromatic N) is 4. The van der Waals surface area contributed by atoms with E-state index in [0.29, 0.717) is 14.9 Å². The van der Waals surface area contributed by atoms with Crippen molar-refractivity contribution < 1.29 is 71.3 Å². The number of hydrogen-bond acceptors (Lipinski definition) is 2. The van der Waals surface area contributed by atoms with Crippen molar-refractivity contribution in [3.8, 4) is 78.1 Å². The molecule has 16 aromatic carbocycles. The van der Waals surface area contributed by atoms with Crippen molar-refractivity contribution >= 4 is 77.7 Å². The van der Waals surface area contributed by atoms with E-state index < -0.39 is 420 Å². The highest BCUT2D eigenvalue weighted by atomic mass is 15.1. The lowest BCUT2D eigenvalue weighted by atomic mass is 10.0. The number of hydrogen-bond donors (Lipinski definition) is 0. The zero-order valence-electron chi connectivity index (χ0n) is 103. The molecule has 0 aliphatic carbocycles. The van der Waals surface area contributed by atoms with Crippen molar-refractivity contribution in [1.29, 1.82) is 0 Å². The molecule has 0 spiro atoms. The van der Waals surface area contributed by atoms with E-state index in [2.05, 4.69) is 4.57 Å². The second-order valence-electron chi connectivity index (χ2n) is 21.2. The van der Waals surface area contributed by atoms with Crippen LogP contribution >= 0.6 is 0 Å². The van der Waals surface area contributed by atoms with Crippen molar-refractivity contribution in [2.75, 3.05) is 9.80 Å². The van der Waals surface area contributed by atoms with Gasteiger partial charge < -0.3 is 18.9 Å². The molecule has 0 bridgehead atoms. The minimum atomic E-state index is -1.35. The Morgan fingerprint density at radius 1 is 0.200 bits per heavy atom. The molecule has 100 heavy (non-hydrogen) atoms. The van der Waals surface area contributed by atoms with Crippen LogP contribution in [0.5, 0.6) is 0 Å².